The fraction of sp³-hybridized carbons (Fsp3) is 0.429. The highest BCUT2D eigenvalue weighted by atomic mass is 79.9. The van der Waals surface area contributed by atoms with E-state index in [1.807, 2.05) is 0 Å². The second-order valence-corrected chi connectivity index (χ2v) is 6.31. The van der Waals surface area contributed by atoms with Gasteiger partial charge in [0.25, 0.3) is 0 Å². The molecule has 1 aliphatic rings. The highest BCUT2D eigenvalue weighted by molar-refractivity contribution is 9.10. The first kappa shape index (κ1) is 15.8. The number of amides is 2. The molecule has 1 heterocycles. The van der Waals surface area contributed by atoms with Gasteiger partial charge in [0.2, 0.25) is 0 Å². The lowest BCUT2D eigenvalue weighted by molar-refractivity contribution is -0.000640. The van der Waals surface area contributed by atoms with Crippen LogP contribution in [0.15, 0.2) is 22.7 Å². The molecule has 1 fully saturated rings. The zero-order chi connectivity index (χ0) is 15.6. The second-order valence-electron chi connectivity index (χ2n) is 5.45. The number of likely N-dealkylation sites (tertiary alicyclic amines) is 1. The Labute approximate surface area is 130 Å². The molecule has 7 heteroatoms. The summed E-state index contributed by atoms with van der Waals surface area (Å²) in [6.45, 7) is 2.58. The van der Waals surface area contributed by atoms with Crippen molar-refractivity contribution in [2.45, 2.75) is 25.4 Å². The zero-order valence-electron chi connectivity index (χ0n) is 11.6. The molecule has 1 aromatic rings. The Morgan fingerprint density at radius 2 is 2.14 bits per heavy atom. The molecule has 1 saturated heterocycles. The zero-order valence-corrected chi connectivity index (χ0v) is 13.2. The van der Waals surface area contributed by atoms with Gasteiger partial charge in [0.1, 0.15) is 0 Å². The van der Waals surface area contributed by atoms with Gasteiger partial charge >= 0.3 is 12.0 Å². The lowest BCUT2D eigenvalue weighted by atomic mass is 9.95. The molecule has 21 heavy (non-hydrogen) atoms. The van der Waals surface area contributed by atoms with Crippen molar-refractivity contribution >= 4 is 33.6 Å². The van der Waals surface area contributed by atoms with Crippen molar-refractivity contribution in [2.24, 2.45) is 0 Å². The number of carboxylic acid groups (broad SMARTS) is 1. The van der Waals surface area contributed by atoms with Gasteiger partial charge in [-0.3, -0.25) is 0 Å². The summed E-state index contributed by atoms with van der Waals surface area (Å²) in [5, 5.41) is 21.6. The van der Waals surface area contributed by atoms with Gasteiger partial charge in [-0.1, -0.05) is 0 Å². The van der Waals surface area contributed by atoms with Crippen LogP contribution in [0.25, 0.3) is 0 Å². The maximum Gasteiger partial charge on any atom is 0.335 e. The Morgan fingerprint density at radius 1 is 1.43 bits per heavy atom. The molecular weight excluding hydrogens is 340 g/mol. The van der Waals surface area contributed by atoms with Crippen LogP contribution in [0.4, 0.5) is 10.5 Å². The summed E-state index contributed by atoms with van der Waals surface area (Å²) in [5.41, 5.74) is -0.226. The van der Waals surface area contributed by atoms with Crippen LogP contribution < -0.4 is 5.32 Å². The minimum absolute atomic E-state index is 0.140. The van der Waals surface area contributed by atoms with Gasteiger partial charge in [-0.15, -0.1) is 0 Å². The monoisotopic (exact) mass is 356 g/mol. The molecule has 0 spiro atoms. The first-order valence-corrected chi connectivity index (χ1v) is 7.39. The summed E-state index contributed by atoms with van der Waals surface area (Å²) in [6, 6.07) is 4.09. The number of anilines is 1. The third-order valence-electron chi connectivity index (χ3n) is 3.42. The number of carbonyl (C=O) groups is 2. The minimum Gasteiger partial charge on any atom is -0.478 e. The molecule has 1 unspecified atom stereocenters. The predicted molar refractivity (Wildman–Crippen MR) is 81.6 cm³/mol. The Morgan fingerprint density at radius 3 is 2.71 bits per heavy atom. The fourth-order valence-corrected chi connectivity index (χ4v) is 2.82. The number of rotatable bonds is 2. The number of piperidine rings is 1. The molecule has 2 amide bonds. The second kappa shape index (κ2) is 6.03. The molecule has 0 aliphatic carbocycles. The number of halogens is 1. The largest absolute Gasteiger partial charge is 0.478 e. The maximum atomic E-state index is 12.2. The molecule has 0 bridgehead atoms. The minimum atomic E-state index is -1.03. The normalized spacial score (nSPS) is 22.0. The third kappa shape index (κ3) is 3.95. The van der Waals surface area contributed by atoms with Crippen molar-refractivity contribution in [2.75, 3.05) is 18.4 Å². The number of urea groups is 1. The van der Waals surface area contributed by atoms with Gasteiger partial charge in [0, 0.05) is 11.0 Å². The van der Waals surface area contributed by atoms with E-state index in [4.69, 9.17) is 5.11 Å². The number of β-amino-alcohol motifs (C(OH)–C–C–N with tert-alkyl or cyclic N) is 1. The van der Waals surface area contributed by atoms with Crippen LogP contribution in [-0.2, 0) is 0 Å². The number of benzene rings is 1. The Bertz CT molecular complexity index is 574. The molecule has 1 aromatic carbocycles. The summed E-state index contributed by atoms with van der Waals surface area (Å²) >= 11 is 3.24. The SMILES string of the molecule is CC1(O)CCCN(C(=O)Nc2ccc(C(=O)O)cc2Br)C1. The van der Waals surface area contributed by atoms with E-state index in [2.05, 4.69) is 21.2 Å². The van der Waals surface area contributed by atoms with Crippen molar-refractivity contribution in [3.05, 3.63) is 28.2 Å². The van der Waals surface area contributed by atoms with E-state index in [1.165, 1.54) is 18.2 Å². The summed E-state index contributed by atoms with van der Waals surface area (Å²) in [7, 11) is 0. The van der Waals surface area contributed by atoms with Crippen LogP contribution in [0.1, 0.15) is 30.1 Å². The lowest BCUT2D eigenvalue weighted by Crippen LogP contribution is -2.49. The van der Waals surface area contributed by atoms with Crippen molar-refractivity contribution in [3.8, 4) is 0 Å². The van der Waals surface area contributed by atoms with Gasteiger partial charge in [-0.2, -0.15) is 0 Å². The smallest absolute Gasteiger partial charge is 0.335 e. The molecule has 0 saturated carbocycles. The molecule has 1 atom stereocenters. The van der Waals surface area contributed by atoms with E-state index in [0.717, 1.165) is 6.42 Å². The number of aliphatic hydroxyl groups is 1. The van der Waals surface area contributed by atoms with Gasteiger partial charge < -0.3 is 20.4 Å². The molecular formula is C14H17BrN2O4. The van der Waals surface area contributed by atoms with Gasteiger partial charge in [-0.05, 0) is 53.9 Å². The topological polar surface area (TPSA) is 89.9 Å². The van der Waals surface area contributed by atoms with E-state index < -0.39 is 11.6 Å². The standard InChI is InChI=1S/C14H17BrN2O4/c1-14(21)5-2-6-17(8-14)13(20)16-11-4-3-9(12(18)19)7-10(11)15/h3-4,7,21H,2,5-6,8H2,1H3,(H,16,20)(H,18,19). The number of carboxylic acids is 1. The predicted octanol–water partition coefficient (Wildman–Crippen LogP) is 2.53. The van der Waals surface area contributed by atoms with Crippen LogP contribution in [0.2, 0.25) is 0 Å². The van der Waals surface area contributed by atoms with E-state index in [-0.39, 0.29) is 18.1 Å². The summed E-state index contributed by atoms with van der Waals surface area (Å²) in [4.78, 5) is 24.6. The molecule has 1 aliphatic heterocycles. The van der Waals surface area contributed by atoms with E-state index in [0.29, 0.717) is 23.1 Å². The number of aromatic carboxylic acids is 1. The quantitative estimate of drug-likeness (QED) is 0.759. The molecule has 2 rings (SSSR count). The van der Waals surface area contributed by atoms with Crippen LogP contribution in [0.3, 0.4) is 0 Å². The van der Waals surface area contributed by atoms with Crippen molar-refractivity contribution in [1.82, 2.24) is 4.90 Å². The number of nitrogens with zero attached hydrogens (tertiary/aromatic N) is 1. The average Bonchev–Trinajstić information content (AvgIpc) is 2.39. The van der Waals surface area contributed by atoms with Crippen molar-refractivity contribution in [1.29, 1.82) is 0 Å². The van der Waals surface area contributed by atoms with E-state index in [9.17, 15) is 14.7 Å². The molecule has 0 radical (unpaired) electrons. The maximum absolute atomic E-state index is 12.2. The number of carbonyl (C=O) groups excluding carboxylic acids is 1. The highest BCUT2D eigenvalue weighted by Gasteiger charge is 2.31. The van der Waals surface area contributed by atoms with Crippen molar-refractivity contribution < 1.29 is 19.8 Å². The summed E-state index contributed by atoms with van der Waals surface area (Å²) < 4.78 is 0.500. The van der Waals surface area contributed by atoms with Crippen molar-refractivity contribution in [3.63, 3.8) is 0 Å². The third-order valence-corrected chi connectivity index (χ3v) is 4.08. The molecule has 0 aromatic heterocycles. The van der Waals surface area contributed by atoms with E-state index in [1.54, 1.807) is 11.8 Å². The van der Waals surface area contributed by atoms with Crippen LogP contribution >= 0.6 is 15.9 Å². The van der Waals surface area contributed by atoms with Gasteiger partial charge in [-0.25, -0.2) is 9.59 Å². The lowest BCUT2D eigenvalue weighted by Gasteiger charge is -2.36. The number of nitrogens with one attached hydrogen (secondary N) is 1. The van der Waals surface area contributed by atoms with E-state index >= 15 is 0 Å². The first-order chi connectivity index (χ1) is 9.78. The Kier molecular flexibility index (Phi) is 4.53. The average molecular weight is 357 g/mol. The van der Waals surface area contributed by atoms with Gasteiger partial charge in [0.15, 0.2) is 0 Å². The first-order valence-electron chi connectivity index (χ1n) is 6.60. The summed E-state index contributed by atoms with van der Waals surface area (Å²) in [6.07, 6.45) is 1.42. The van der Waals surface area contributed by atoms with Crippen LogP contribution in [0, 0.1) is 0 Å². The fourth-order valence-electron chi connectivity index (χ4n) is 2.34. The van der Waals surface area contributed by atoms with Crippen LogP contribution in [-0.4, -0.2) is 45.8 Å². The molecule has 3 N–H and O–H groups in total. The number of hydrogen-bond donors (Lipinski definition) is 3. The Balaban J connectivity index is 2.07. The molecule has 6 nitrogen and oxygen atoms in total. The van der Waals surface area contributed by atoms with Gasteiger partial charge in [0.05, 0.1) is 23.4 Å². The summed E-state index contributed by atoms with van der Waals surface area (Å²) in [5.74, 6) is -1.03. The number of hydrogen-bond acceptors (Lipinski definition) is 3. The highest BCUT2D eigenvalue weighted by Crippen LogP contribution is 2.25. The Hall–Kier alpha value is -1.60. The van der Waals surface area contributed by atoms with Crippen LogP contribution in [0.5, 0.6) is 0 Å². The molecule has 114 valence electrons.